The molecule has 2 aliphatic rings. The van der Waals surface area contributed by atoms with E-state index in [4.69, 9.17) is 12.8 Å². The fraction of sp³-hybridized carbons (Fsp3) is 0.500. The smallest absolute Gasteiger partial charge is 0.223 e. The zero-order valence-electron chi connectivity index (χ0n) is 12.1. The molecular formula is C16H18BN3S. The Labute approximate surface area is 130 Å². The van der Waals surface area contributed by atoms with Crippen molar-refractivity contribution >= 4 is 29.9 Å². The first-order valence-electron chi connectivity index (χ1n) is 7.80. The molecule has 5 heteroatoms. The summed E-state index contributed by atoms with van der Waals surface area (Å²) in [7, 11) is 5.96. The van der Waals surface area contributed by atoms with Gasteiger partial charge in [-0.05, 0) is 42.1 Å². The van der Waals surface area contributed by atoms with Crippen LogP contribution >= 0.6 is 11.3 Å². The van der Waals surface area contributed by atoms with Gasteiger partial charge in [-0.1, -0.05) is 19.3 Å². The van der Waals surface area contributed by atoms with E-state index >= 15 is 0 Å². The Bertz CT molecular complexity index is 662. The highest BCUT2D eigenvalue weighted by Crippen LogP contribution is 2.34. The summed E-state index contributed by atoms with van der Waals surface area (Å²) < 4.78 is 0.883. The van der Waals surface area contributed by atoms with Gasteiger partial charge in [0, 0.05) is 22.7 Å². The van der Waals surface area contributed by atoms with Crippen molar-refractivity contribution in [3.8, 4) is 11.3 Å². The summed E-state index contributed by atoms with van der Waals surface area (Å²) in [5.41, 5.74) is 3.54. The molecule has 2 heterocycles. The summed E-state index contributed by atoms with van der Waals surface area (Å²) in [6, 6.07) is 2.60. The predicted octanol–water partition coefficient (Wildman–Crippen LogP) is 2.84. The van der Waals surface area contributed by atoms with Crippen LogP contribution in [0, 0.1) is 0 Å². The van der Waals surface area contributed by atoms with E-state index in [2.05, 4.69) is 16.4 Å². The maximum atomic E-state index is 5.96. The van der Waals surface area contributed by atoms with Gasteiger partial charge in [0.15, 0.2) is 0 Å². The second kappa shape index (κ2) is 5.45. The van der Waals surface area contributed by atoms with Gasteiger partial charge in [-0.3, -0.25) is 0 Å². The summed E-state index contributed by atoms with van der Waals surface area (Å²) in [6.07, 6.45) is 10.5. The Morgan fingerprint density at radius 2 is 2.05 bits per heavy atom. The number of hydrogen-bond acceptors (Lipinski definition) is 4. The molecule has 0 saturated heterocycles. The molecule has 2 aliphatic carbocycles. The minimum atomic E-state index is 0.535. The second-order valence-corrected chi connectivity index (χ2v) is 7.20. The summed E-state index contributed by atoms with van der Waals surface area (Å²) in [6.45, 7) is 0. The molecule has 0 aromatic carbocycles. The maximum Gasteiger partial charge on any atom is 0.223 e. The van der Waals surface area contributed by atoms with Gasteiger partial charge in [-0.25, -0.2) is 9.97 Å². The van der Waals surface area contributed by atoms with Crippen LogP contribution in [-0.2, 0) is 12.8 Å². The Morgan fingerprint density at radius 3 is 2.90 bits per heavy atom. The largest absolute Gasteiger partial charge is 0.351 e. The zero-order chi connectivity index (χ0) is 14.2. The van der Waals surface area contributed by atoms with E-state index in [1.165, 1.54) is 48.1 Å². The molecule has 1 saturated carbocycles. The molecule has 2 radical (unpaired) electrons. The first-order chi connectivity index (χ1) is 10.3. The highest BCUT2D eigenvalue weighted by molar-refractivity contribution is 7.20. The lowest BCUT2D eigenvalue weighted by Crippen LogP contribution is -2.23. The standard InChI is InChI=1S/C16H18BN3S/c17-14-8-12-13(21-14)7-6-10-9-18-16(20-15(10)12)19-11-4-2-1-3-5-11/h8-9,11H,1-7H2,(H,18,19,20). The molecule has 21 heavy (non-hydrogen) atoms. The van der Waals surface area contributed by atoms with Gasteiger partial charge in [0.1, 0.15) is 7.85 Å². The van der Waals surface area contributed by atoms with Gasteiger partial charge in [0.2, 0.25) is 5.95 Å². The molecule has 0 amide bonds. The van der Waals surface area contributed by atoms with Crippen molar-refractivity contribution in [2.24, 2.45) is 0 Å². The molecule has 1 fully saturated rings. The highest BCUT2D eigenvalue weighted by atomic mass is 32.1. The Kier molecular flexibility index (Phi) is 3.45. The van der Waals surface area contributed by atoms with Crippen LogP contribution in [0.1, 0.15) is 42.5 Å². The van der Waals surface area contributed by atoms with Crippen molar-refractivity contribution in [3.05, 3.63) is 22.7 Å². The second-order valence-electron chi connectivity index (χ2n) is 6.03. The van der Waals surface area contributed by atoms with Crippen molar-refractivity contribution in [1.29, 1.82) is 0 Å². The Morgan fingerprint density at radius 1 is 1.19 bits per heavy atom. The van der Waals surface area contributed by atoms with Gasteiger partial charge in [-0.2, -0.15) is 11.3 Å². The molecule has 1 N–H and O–H groups in total. The van der Waals surface area contributed by atoms with Gasteiger partial charge in [0.25, 0.3) is 0 Å². The van der Waals surface area contributed by atoms with Crippen LogP contribution in [-0.4, -0.2) is 23.9 Å². The van der Waals surface area contributed by atoms with E-state index in [0.29, 0.717) is 6.04 Å². The van der Waals surface area contributed by atoms with E-state index in [1.54, 1.807) is 11.3 Å². The molecule has 2 aromatic rings. The molecule has 0 bridgehead atoms. The Hall–Kier alpha value is -1.36. The monoisotopic (exact) mass is 295 g/mol. The minimum Gasteiger partial charge on any atom is -0.351 e. The SMILES string of the molecule is [B]c1cc2c(s1)CCc1cnc(NC3CCCCC3)nc1-2. The number of aromatic nitrogens is 2. The van der Waals surface area contributed by atoms with Crippen molar-refractivity contribution in [2.45, 2.75) is 51.0 Å². The maximum absolute atomic E-state index is 5.96. The lowest BCUT2D eigenvalue weighted by Gasteiger charge is -2.23. The highest BCUT2D eigenvalue weighted by Gasteiger charge is 2.21. The zero-order valence-corrected chi connectivity index (χ0v) is 12.9. The van der Waals surface area contributed by atoms with Crippen molar-refractivity contribution in [1.82, 2.24) is 9.97 Å². The molecule has 0 aliphatic heterocycles. The first-order valence-corrected chi connectivity index (χ1v) is 8.62. The summed E-state index contributed by atoms with van der Waals surface area (Å²) >= 11 is 1.69. The molecule has 0 unspecified atom stereocenters. The fourth-order valence-electron chi connectivity index (χ4n) is 3.41. The lowest BCUT2D eigenvalue weighted by atomic mass is 9.94. The van der Waals surface area contributed by atoms with Gasteiger partial charge in [0.05, 0.1) is 5.69 Å². The molecule has 106 valence electrons. The third kappa shape index (κ3) is 2.59. The van der Waals surface area contributed by atoms with Crippen LogP contribution in [0.15, 0.2) is 12.3 Å². The van der Waals surface area contributed by atoms with E-state index in [9.17, 15) is 0 Å². The number of hydrogen-bond donors (Lipinski definition) is 1. The number of fused-ring (bicyclic) bond motifs is 3. The van der Waals surface area contributed by atoms with Crippen LogP contribution in [0.5, 0.6) is 0 Å². The molecular weight excluding hydrogens is 277 g/mol. The number of thiophene rings is 1. The van der Waals surface area contributed by atoms with Gasteiger partial charge >= 0.3 is 0 Å². The number of nitrogens with zero attached hydrogens (tertiary/aromatic N) is 2. The molecule has 2 aromatic heterocycles. The Balaban J connectivity index is 1.64. The number of nitrogens with one attached hydrogen (secondary N) is 1. The van der Waals surface area contributed by atoms with Gasteiger partial charge in [-0.15, -0.1) is 0 Å². The van der Waals surface area contributed by atoms with E-state index < -0.39 is 0 Å². The summed E-state index contributed by atoms with van der Waals surface area (Å²) in [5.74, 6) is 0.776. The normalized spacial score (nSPS) is 18.1. The number of rotatable bonds is 2. The predicted molar refractivity (Wildman–Crippen MR) is 88.6 cm³/mol. The van der Waals surface area contributed by atoms with E-state index in [-0.39, 0.29) is 0 Å². The van der Waals surface area contributed by atoms with Crippen molar-refractivity contribution < 1.29 is 0 Å². The number of anilines is 1. The average Bonchev–Trinajstić information content (AvgIpc) is 2.89. The lowest BCUT2D eigenvalue weighted by molar-refractivity contribution is 0.461. The van der Waals surface area contributed by atoms with E-state index in [1.807, 2.05) is 6.20 Å². The molecule has 0 spiro atoms. The quantitative estimate of drug-likeness (QED) is 0.866. The van der Waals surface area contributed by atoms with Crippen LogP contribution in [0.3, 0.4) is 0 Å². The average molecular weight is 295 g/mol. The van der Waals surface area contributed by atoms with Crippen LogP contribution < -0.4 is 10.1 Å². The number of aryl methyl sites for hydroxylation is 2. The molecule has 3 nitrogen and oxygen atoms in total. The summed E-state index contributed by atoms with van der Waals surface area (Å²) in [5, 5.41) is 3.52. The van der Waals surface area contributed by atoms with Crippen LogP contribution in [0.2, 0.25) is 0 Å². The van der Waals surface area contributed by atoms with Crippen LogP contribution in [0.4, 0.5) is 5.95 Å². The topological polar surface area (TPSA) is 37.8 Å². The fourth-order valence-corrected chi connectivity index (χ4v) is 4.34. The van der Waals surface area contributed by atoms with Crippen molar-refractivity contribution in [2.75, 3.05) is 5.32 Å². The molecule has 0 atom stereocenters. The van der Waals surface area contributed by atoms with Crippen LogP contribution in [0.25, 0.3) is 11.3 Å². The summed E-state index contributed by atoms with van der Waals surface area (Å²) in [4.78, 5) is 10.7. The van der Waals surface area contributed by atoms with E-state index in [0.717, 1.165) is 29.3 Å². The first kappa shape index (κ1) is 13.3. The third-order valence-corrected chi connectivity index (χ3v) is 5.53. The third-order valence-electron chi connectivity index (χ3n) is 4.51. The molecule has 4 rings (SSSR count). The minimum absolute atomic E-state index is 0.535. The van der Waals surface area contributed by atoms with Crippen molar-refractivity contribution in [3.63, 3.8) is 0 Å². The van der Waals surface area contributed by atoms with Gasteiger partial charge < -0.3 is 5.32 Å².